The number of non-ortho nitro benzene ring substituents is 1. The molecule has 7 nitrogen and oxygen atoms in total. The van der Waals surface area contributed by atoms with Crippen molar-refractivity contribution in [3.63, 3.8) is 0 Å². The zero-order valence-corrected chi connectivity index (χ0v) is 12.5. The zero-order valence-electron chi connectivity index (χ0n) is 11.7. The van der Waals surface area contributed by atoms with E-state index in [0.717, 1.165) is 24.7 Å². The maximum absolute atomic E-state index is 11.1. The van der Waals surface area contributed by atoms with Crippen molar-refractivity contribution in [2.24, 2.45) is 0 Å². The molecule has 0 radical (unpaired) electrons. The van der Waals surface area contributed by atoms with E-state index in [1.807, 2.05) is 0 Å². The van der Waals surface area contributed by atoms with Crippen LogP contribution in [0.25, 0.3) is 0 Å². The molecule has 1 aromatic rings. The van der Waals surface area contributed by atoms with Crippen LogP contribution in [0.15, 0.2) is 24.3 Å². The topological polar surface area (TPSA) is 98.5 Å². The average molecular weight is 314 g/mol. The molecular weight excluding hydrogens is 296 g/mol. The number of hydrogen-bond acceptors (Lipinski definition) is 6. The fourth-order valence-corrected chi connectivity index (χ4v) is 3.09. The molecule has 0 aromatic heterocycles. The van der Waals surface area contributed by atoms with Crippen molar-refractivity contribution in [3.8, 4) is 0 Å². The smallest absolute Gasteiger partial charge is 0.269 e. The van der Waals surface area contributed by atoms with Gasteiger partial charge in [-0.2, -0.15) is 8.42 Å². The molecule has 2 unspecified atom stereocenters. The summed E-state index contributed by atoms with van der Waals surface area (Å²) in [5.41, 5.74) is 1.11. The molecule has 116 valence electrons. The largest absolute Gasteiger partial charge is 0.311 e. The highest BCUT2D eigenvalue weighted by Crippen LogP contribution is 2.18. The van der Waals surface area contributed by atoms with Crippen LogP contribution in [0.2, 0.25) is 0 Å². The Hall–Kier alpha value is -1.51. The van der Waals surface area contributed by atoms with Crippen LogP contribution >= 0.6 is 0 Å². The van der Waals surface area contributed by atoms with E-state index in [4.69, 9.17) is 4.18 Å². The number of nitrogens with one attached hydrogen (secondary N) is 1. The van der Waals surface area contributed by atoms with Gasteiger partial charge >= 0.3 is 0 Å². The van der Waals surface area contributed by atoms with Crippen molar-refractivity contribution >= 4 is 15.8 Å². The predicted octanol–water partition coefficient (Wildman–Crippen LogP) is 1.23. The summed E-state index contributed by atoms with van der Waals surface area (Å²) in [5, 5.41) is 13.8. The molecule has 0 bridgehead atoms. The fraction of sp³-hybridized carbons (Fsp3) is 0.538. The Kier molecular flexibility index (Phi) is 4.92. The fourth-order valence-electron chi connectivity index (χ4n) is 2.45. The summed E-state index contributed by atoms with van der Waals surface area (Å²) in [6.07, 6.45) is 3.02. The van der Waals surface area contributed by atoms with E-state index in [2.05, 4.69) is 5.32 Å². The Morgan fingerprint density at radius 1 is 1.38 bits per heavy atom. The van der Waals surface area contributed by atoms with Gasteiger partial charge in [0.1, 0.15) is 0 Å². The number of benzene rings is 1. The van der Waals surface area contributed by atoms with E-state index < -0.39 is 15.0 Å². The normalized spacial score (nSPS) is 22.3. The lowest BCUT2D eigenvalue weighted by Gasteiger charge is -2.10. The van der Waals surface area contributed by atoms with Crippen LogP contribution in [-0.4, -0.2) is 38.3 Å². The van der Waals surface area contributed by atoms with Crippen molar-refractivity contribution in [1.29, 1.82) is 0 Å². The first-order chi connectivity index (χ1) is 9.83. The van der Waals surface area contributed by atoms with Gasteiger partial charge < -0.3 is 5.32 Å². The molecular formula is C13H18N2O5S. The summed E-state index contributed by atoms with van der Waals surface area (Å²) in [6.45, 7) is 0.526. The molecule has 0 amide bonds. The SMILES string of the molecule is CS(=O)(=O)OC1CNC(CCc2ccc([N+](=O)[O-])cc2)C1. The summed E-state index contributed by atoms with van der Waals surface area (Å²) in [4.78, 5) is 10.1. The maximum Gasteiger partial charge on any atom is 0.269 e. The maximum atomic E-state index is 11.1. The Morgan fingerprint density at radius 2 is 2.05 bits per heavy atom. The third-order valence-corrected chi connectivity index (χ3v) is 4.04. The lowest BCUT2D eigenvalue weighted by Crippen LogP contribution is -2.22. The van der Waals surface area contributed by atoms with Crippen LogP contribution in [0.4, 0.5) is 5.69 Å². The molecule has 1 aliphatic rings. The second-order valence-electron chi connectivity index (χ2n) is 5.23. The van der Waals surface area contributed by atoms with Gasteiger partial charge in [-0.05, 0) is 24.8 Å². The number of nitrogens with zero attached hydrogens (tertiary/aromatic N) is 1. The molecule has 0 spiro atoms. The third kappa shape index (κ3) is 5.07. The molecule has 2 atom stereocenters. The van der Waals surface area contributed by atoms with Crippen molar-refractivity contribution in [2.45, 2.75) is 31.4 Å². The van der Waals surface area contributed by atoms with Gasteiger partial charge in [0.2, 0.25) is 0 Å². The molecule has 1 saturated heterocycles. The van der Waals surface area contributed by atoms with Crippen molar-refractivity contribution in [1.82, 2.24) is 5.32 Å². The Labute approximate surface area is 123 Å². The van der Waals surface area contributed by atoms with Gasteiger partial charge in [-0.25, -0.2) is 0 Å². The van der Waals surface area contributed by atoms with E-state index >= 15 is 0 Å². The molecule has 1 N–H and O–H groups in total. The molecule has 1 aromatic carbocycles. The summed E-state index contributed by atoms with van der Waals surface area (Å²) in [5.74, 6) is 0. The predicted molar refractivity (Wildman–Crippen MR) is 77.5 cm³/mol. The number of nitro groups is 1. The summed E-state index contributed by atoms with van der Waals surface area (Å²) >= 11 is 0. The van der Waals surface area contributed by atoms with Crippen LogP contribution in [0, 0.1) is 10.1 Å². The highest BCUT2D eigenvalue weighted by atomic mass is 32.2. The van der Waals surface area contributed by atoms with E-state index in [-0.39, 0.29) is 17.8 Å². The van der Waals surface area contributed by atoms with Crippen molar-refractivity contribution < 1.29 is 17.5 Å². The minimum absolute atomic E-state index is 0.0827. The first-order valence-electron chi connectivity index (χ1n) is 6.68. The number of rotatable bonds is 6. The quantitative estimate of drug-likeness (QED) is 0.482. The Balaban J connectivity index is 1.80. The summed E-state index contributed by atoms with van der Waals surface area (Å²) in [6, 6.07) is 6.68. The highest BCUT2D eigenvalue weighted by molar-refractivity contribution is 7.86. The van der Waals surface area contributed by atoms with Gasteiger partial charge in [0.15, 0.2) is 0 Å². The average Bonchev–Trinajstić information content (AvgIpc) is 2.82. The van der Waals surface area contributed by atoms with Gasteiger partial charge in [-0.1, -0.05) is 12.1 Å². The van der Waals surface area contributed by atoms with E-state index in [1.165, 1.54) is 12.1 Å². The molecule has 1 heterocycles. The third-order valence-electron chi connectivity index (χ3n) is 3.42. The second kappa shape index (κ2) is 6.50. The first-order valence-corrected chi connectivity index (χ1v) is 8.50. The van der Waals surface area contributed by atoms with E-state index in [9.17, 15) is 18.5 Å². The summed E-state index contributed by atoms with van der Waals surface area (Å²) < 4.78 is 27.1. The van der Waals surface area contributed by atoms with Gasteiger partial charge in [0.05, 0.1) is 17.3 Å². The highest BCUT2D eigenvalue weighted by Gasteiger charge is 2.27. The van der Waals surface area contributed by atoms with Crippen LogP contribution in [0.5, 0.6) is 0 Å². The molecule has 1 fully saturated rings. The molecule has 8 heteroatoms. The first kappa shape index (κ1) is 15.9. The monoisotopic (exact) mass is 314 g/mol. The minimum atomic E-state index is -3.41. The van der Waals surface area contributed by atoms with E-state index in [1.54, 1.807) is 12.1 Å². The second-order valence-corrected chi connectivity index (χ2v) is 6.83. The van der Waals surface area contributed by atoms with Crippen LogP contribution in [0.3, 0.4) is 0 Å². The van der Waals surface area contributed by atoms with Crippen molar-refractivity contribution in [2.75, 3.05) is 12.8 Å². The van der Waals surface area contributed by atoms with E-state index in [0.29, 0.717) is 13.0 Å². The molecule has 21 heavy (non-hydrogen) atoms. The molecule has 2 rings (SSSR count). The van der Waals surface area contributed by atoms with Crippen LogP contribution < -0.4 is 5.32 Å². The Morgan fingerprint density at radius 3 is 2.62 bits per heavy atom. The number of hydrogen-bond donors (Lipinski definition) is 1. The molecule has 0 saturated carbocycles. The number of nitro benzene ring substituents is 1. The zero-order chi connectivity index (χ0) is 15.5. The summed E-state index contributed by atoms with van der Waals surface area (Å²) in [7, 11) is -3.41. The van der Waals surface area contributed by atoms with Crippen molar-refractivity contribution in [3.05, 3.63) is 39.9 Å². The van der Waals surface area contributed by atoms with Gasteiger partial charge in [-0.15, -0.1) is 0 Å². The van der Waals surface area contributed by atoms with Gasteiger partial charge in [0, 0.05) is 24.7 Å². The molecule has 0 aliphatic carbocycles. The standard InChI is InChI=1S/C13H18N2O5S/c1-21(18,19)20-13-8-11(14-9-13)5-2-10-3-6-12(7-4-10)15(16)17/h3-4,6-7,11,13-14H,2,5,8-9H2,1H3. The van der Waals surface area contributed by atoms with Gasteiger partial charge in [0.25, 0.3) is 15.8 Å². The Bertz CT molecular complexity index is 599. The molecule has 1 aliphatic heterocycles. The van der Waals surface area contributed by atoms with Crippen LogP contribution in [0.1, 0.15) is 18.4 Å². The lowest BCUT2D eigenvalue weighted by atomic mass is 10.0. The van der Waals surface area contributed by atoms with Gasteiger partial charge in [-0.3, -0.25) is 14.3 Å². The lowest BCUT2D eigenvalue weighted by molar-refractivity contribution is -0.384. The minimum Gasteiger partial charge on any atom is -0.311 e. The number of aryl methyl sites for hydroxylation is 1. The van der Waals surface area contributed by atoms with Crippen LogP contribution in [-0.2, 0) is 20.7 Å².